The van der Waals surface area contributed by atoms with E-state index in [0.29, 0.717) is 6.04 Å². The van der Waals surface area contributed by atoms with Gasteiger partial charge in [-0.2, -0.15) is 0 Å². The normalized spacial score (nSPS) is 17.7. The van der Waals surface area contributed by atoms with Crippen LogP contribution in [0.1, 0.15) is 18.4 Å². The van der Waals surface area contributed by atoms with Gasteiger partial charge < -0.3 is 15.5 Å². The third-order valence-corrected chi connectivity index (χ3v) is 4.01. The number of hydrogen-bond donors (Lipinski definition) is 2. The summed E-state index contributed by atoms with van der Waals surface area (Å²) in [6, 6.07) is 6.56. The number of rotatable bonds is 6. The summed E-state index contributed by atoms with van der Waals surface area (Å²) >= 11 is 0. The molecule has 2 aromatic rings. The molecule has 1 fully saturated rings. The number of hydrogen-bond acceptors (Lipinski definition) is 6. The third-order valence-electron chi connectivity index (χ3n) is 4.01. The Morgan fingerprint density at radius 3 is 3.14 bits per heavy atom. The van der Waals surface area contributed by atoms with Crippen molar-refractivity contribution < 1.29 is 0 Å². The van der Waals surface area contributed by atoms with Gasteiger partial charge in [-0.15, -0.1) is 0 Å². The van der Waals surface area contributed by atoms with Crippen LogP contribution in [0, 0.1) is 0 Å². The van der Waals surface area contributed by atoms with Crippen molar-refractivity contribution in [1.82, 2.24) is 20.3 Å². The van der Waals surface area contributed by atoms with E-state index < -0.39 is 0 Å². The summed E-state index contributed by atoms with van der Waals surface area (Å²) in [5, 5.41) is 6.60. The maximum absolute atomic E-state index is 4.42. The molecule has 0 amide bonds. The van der Waals surface area contributed by atoms with Gasteiger partial charge >= 0.3 is 0 Å². The van der Waals surface area contributed by atoms with E-state index in [2.05, 4.69) is 36.6 Å². The molecule has 1 saturated heterocycles. The van der Waals surface area contributed by atoms with E-state index in [1.807, 2.05) is 25.4 Å². The molecule has 22 heavy (non-hydrogen) atoms. The first-order valence-electron chi connectivity index (χ1n) is 7.73. The fourth-order valence-corrected chi connectivity index (χ4v) is 2.88. The topological polar surface area (TPSA) is 66.0 Å². The Labute approximate surface area is 131 Å². The summed E-state index contributed by atoms with van der Waals surface area (Å²) < 4.78 is 0. The second-order valence-electron chi connectivity index (χ2n) is 5.49. The molecular formula is C16H22N6. The lowest BCUT2D eigenvalue weighted by atomic mass is 10.2. The van der Waals surface area contributed by atoms with Crippen molar-refractivity contribution in [2.24, 2.45) is 0 Å². The monoisotopic (exact) mass is 298 g/mol. The highest BCUT2D eigenvalue weighted by Gasteiger charge is 2.25. The van der Waals surface area contributed by atoms with Gasteiger partial charge in [-0.05, 0) is 24.5 Å². The molecule has 6 heteroatoms. The maximum Gasteiger partial charge on any atom is 0.134 e. The van der Waals surface area contributed by atoms with Crippen molar-refractivity contribution in [3.05, 3.63) is 42.5 Å². The van der Waals surface area contributed by atoms with Crippen LogP contribution < -0.4 is 15.5 Å². The molecule has 6 nitrogen and oxygen atoms in total. The van der Waals surface area contributed by atoms with Crippen LogP contribution >= 0.6 is 0 Å². The highest BCUT2D eigenvalue weighted by Crippen LogP contribution is 2.24. The largest absolute Gasteiger partial charge is 0.373 e. The lowest BCUT2D eigenvalue weighted by Crippen LogP contribution is -2.38. The van der Waals surface area contributed by atoms with Crippen molar-refractivity contribution in [3.8, 4) is 0 Å². The van der Waals surface area contributed by atoms with Crippen LogP contribution in [0.3, 0.4) is 0 Å². The van der Waals surface area contributed by atoms with E-state index in [9.17, 15) is 0 Å². The van der Waals surface area contributed by atoms with E-state index in [4.69, 9.17) is 0 Å². The Kier molecular flexibility index (Phi) is 4.80. The van der Waals surface area contributed by atoms with E-state index in [1.165, 1.54) is 18.4 Å². The maximum atomic E-state index is 4.42. The van der Waals surface area contributed by atoms with Gasteiger partial charge in [0.1, 0.15) is 18.0 Å². The standard InChI is InChI=1S/C16H22N6/c1-17-15-8-16(21-12-20-15)22-7-3-5-14(22)11-19-10-13-4-2-6-18-9-13/h2,4,6,8-9,12,14,19H,3,5,7,10-11H2,1H3,(H,17,20,21). The zero-order valence-corrected chi connectivity index (χ0v) is 12.9. The van der Waals surface area contributed by atoms with Gasteiger partial charge in [-0.3, -0.25) is 4.98 Å². The first-order valence-corrected chi connectivity index (χ1v) is 7.73. The van der Waals surface area contributed by atoms with Crippen molar-refractivity contribution >= 4 is 11.6 Å². The first kappa shape index (κ1) is 14.7. The van der Waals surface area contributed by atoms with Crippen molar-refractivity contribution in [1.29, 1.82) is 0 Å². The lowest BCUT2D eigenvalue weighted by Gasteiger charge is -2.26. The Hall–Kier alpha value is -2.21. The second kappa shape index (κ2) is 7.17. The minimum Gasteiger partial charge on any atom is -0.373 e. The van der Waals surface area contributed by atoms with Gasteiger partial charge in [-0.25, -0.2) is 9.97 Å². The van der Waals surface area contributed by atoms with Gasteiger partial charge in [0.05, 0.1) is 0 Å². The molecule has 0 aliphatic carbocycles. The summed E-state index contributed by atoms with van der Waals surface area (Å²) in [4.78, 5) is 15.1. The Balaban J connectivity index is 1.58. The van der Waals surface area contributed by atoms with Crippen LogP contribution in [-0.2, 0) is 6.54 Å². The highest BCUT2D eigenvalue weighted by molar-refractivity contribution is 5.49. The van der Waals surface area contributed by atoms with E-state index in [0.717, 1.165) is 31.3 Å². The molecule has 1 aliphatic heterocycles. The Morgan fingerprint density at radius 1 is 1.36 bits per heavy atom. The molecule has 0 saturated carbocycles. The van der Waals surface area contributed by atoms with E-state index in [1.54, 1.807) is 12.5 Å². The summed E-state index contributed by atoms with van der Waals surface area (Å²) in [6.45, 7) is 2.86. The van der Waals surface area contributed by atoms with Gasteiger partial charge in [0, 0.05) is 51.2 Å². The molecule has 2 aromatic heterocycles. The van der Waals surface area contributed by atoms with E-state index >= 15 is 0 Å². The van der Waals surface area contributed by atoms with Gasteiger partial charge in [0.2, 0.25) is 0 Å². The molecule has 3 rings (SSSR count). The minimum atomic E-state index is 0.483. The highest BCUT2D eigenvalue weighted by atomic mass is 15.2. The molecule has 116 valence electrons. The van der Waals surface area contributed by atoms with Crippen LogP contribution in [-0.4, -0.2) is 41.1 Å². The summed E-state index contributed by atoms with van der Waals surface area (Å²) in [5.74, 6) is 1.86. The number of nitrogens with zero attached hydrogens (tertiary/aromatic N) is 4. The smallest absolute Gasteiger partial charge is 0.134 e. The van der Waals surface area contributed by atoms with Crippen LogP contribution in [0.2, 0.25) is 0 Å². The lowest BCUT2D eigenvalue weighted by molar-refractivity contribution is 0.570. The van der Waals surface area contributed by atoms with Gasteiger partial charge in [0.25, 0.3) is 0 Å². The van der Waals surface area contributed by atoms with Crippen LogP contribution in [0.5, 0.6) is 0 Å². The minimum absolute atomic E-state index is 0.483. The quantitative estimate of drug-likeness (QED) is 0.846. The molecule has 0 aromatic carbocycles. The van der Waals surface area contributed by atoms with Crippen LogP contribution in [0.4, 0.5) is 11.6 Å². The number of pyridine rings is 1. The second-order valence-corrected chi connectivity index (χ2v) is 5.49. The number of nitrogens with one attached hydrogen (secondary N) is 2. The molecular weight excluding hydrogens is 276 g/mol. The average Bonchev–Trinajstić information content (AvgIpc) is 3.04. The fraction of sp³-hybridized carbons (Fsp3) is 0.438. The summed E-state index contributed by atoms with van der Waals surface area (Å²) in [5.41, 5.74) is 1.21. The Bertz CT molecular complexity index is 588. The van der Waals surface area contributed by atoms with E-state index in [-0.39, 0.29) is 0 Å². The number of anilines is 2. The van der Waals surface area contributed by atoms with Gasteiger partial charge in [0.15, 0.2) is 0 Å². The average molecular weight is 298 g/mol. The van der Waals surface area contributed by atoms with Crippen LogP contribution in [0.15, 0.2) is 36.9 Å². The first-order chi connectivity index (χ1) is 10.9. The summed E-state index contributed by atoms with van der Waals surface area (Å²) in [6.07, 6.45) is 7.73. The van der Waals surface area contributed by atoms with Crippen molar-refractivity contribution in [2.45, 2.75) is 25.4 Å². The van der Waals surface area contributed by atoms with Gasteiger partial charge in [-0.1, -0.05) is 6.07 Å². The molecule has 1 atom stereocenters. The number of aromatic nitrogens is 3. The zero-order chi connectivity index (χ0) is 15.2. The molecule has 2 N–H and O–H groups in total. The fourth-order valence-electron chi connectivity index (χ4n) is 2.88. The molecule has 0 spiro atoms. The predicted molar refractivity (Wildman–Crippen MR) is 87.9 cm³/mol. The third kappa shape index (κ3) is 3.51. The predicted octanol–water partition coefficient (Wildman–Crippen LogP) is 1.67. The SMILES string of the molecule is CNc1cc(N2CCCC2CNCc2cccnc2)ncn1. The molecule has 1 aliphatic rings. The zero-order valence-electron chi connectivity index (χ0n) is 12.9. The summed E-state index contributed by atoms with van der Waals surface area (Å²) in [7, 11) is 1.88. The van der Waals surface area contributed by atoms with Crippen molar-refractivity contribution in [3.63, 3.8) is 0 Å². The Morgan fingerprint density at radius 2 is 2.32 bits per heavy atom. The van der Waals surface area contributed by atoms with Crippen molar-refractivity contribution in [2.75, 3.05) is 30.4 Å². The molecule has 1 unspecified atom stereocenters. The molecule has 0 radical (unpaired) electrons. The molecule has 3 heterocycles. The van der Waals surface area contributed by atoms with Crippen LogP contribution in [0.25, 0.3) is 0 Å². The molecule has 0 bridgehead atoms.